The molecule has 4 heteroatoms. The van der Waals surface area contributed by atoms with E-state index in [0.29, 0.717) is 10.7 Å². The fraction of sp³-hybridized carbons (Fsp3) is 0.250. The third-order valence-electron chi connectivity index (χ3n) is 1.87. The van der Waals surface area contributed by atoms with Crippen molar-refractivity contribution in [1.29, 1.82) is 0 Å². The molecule has 1 aliphatic carbocycles. The minimum absolute atomic E-state index is 0.00694. The highest BCUT2D eigenvalue weighted by atomic mass is 35.5. The lowest BCUT2D eigenvalue weighted by Gasteiger charge is -2.10. The molecule has 0 aromatic heterocycles. The smallest absolute Gasteiger partial charge is 0.0842 e. The van der Waals surface area contributed by atoms with Gasteiger partial charge in [0.15, 0.2) is 0 Å². The Morgan fingerprint density at radius 1 is 1.42 bits per heavy atom. The van der Waals surface area contributed by atoms with Gasteiger partial charge in [0.25, 0.3) is 0 Å². The Hall–Kier alpha value is -0.930. The van der Waals surface area contributed by atoms with Crippen LogP contribution in [0.3, 0.4) is 0 Å². The molecule has 1 unspecified atom stereocenters. The Balaban J connectivity index is 2.32. The Morgan fingerprint density at radius 2 is 2.25 bits per heavy atom. The standard InChI is InChI=1S/C8H7ClN2O/c9-5-1-2-7-6(3-5)8(4-12)11-10-7/h1-3,6,12H,4H2. The molecule has 0 radical (unpaired) electrons. The summed E-state index contributed by atoms with van der Waals surface area (Å²) >= 11 is 5.79. The van der Waals surface area contributed by atoms with Gasteiger partial charge < -0.3 is 5.11 Å². The van der Waals surface area contributed by atoms with E-state index in [1.165, 1.54) is 0 Å². The SMILES string of the molecule is OCC1=NN=C2C=CC(Cl)=CC21. The van der Waals surface area contributed by atoms with Gasteiger partial charge >= 0.3 is 0 Å². The first kappa shape index (κ1) is 7.71. The van der Waals surface area contributed by atoms with Gasteiger partial charge in [-0.1, -0.05) is 17.7 Å². The summed E-state index contributed by atoms with van der Waals surface area (Å²) in [6, 6.07) is 0. The normalized spacial score (nSPS) is 26.2. The number of fused-ring (bicyclic) bond motifs is 1. The maximum absolute atomic E-state index is 8.89. The van der Waals surface area contributed by atoms with Gasteiger partial charge in [-0.15, -0.1) is 0 Å². The first-order chi connectivity index (χ1) is 5.81. The summed E-state index contributed by atoms with van der Waals surface area (Å²) in [6.45, 7) is -0.0633. The molecule has 0 aromatic carbocycles. The van der Waals surface area contributed by atoms with Crippen molar-refractivity contribution in [2.45, 2.75) is 0 Å². The van der Waals surface area contributed by atoms with Crippen LogP contribution in [0.4, 0.5) is 0 Å². The maximum Gasteiger partial charge on any atom is 0.0842 e. The summed E-state index contributed by atoms with van der Waals surface area (Å²) in [5.41, 5.74) is 1.51. The Morgan fingerprint density at radius 3 is 3.00 bits per heavy atom. The van der Waals surface area contributed by atoms with Crippen molar-refractivity contribution in [3.8, 4) is 0 Å². The largest absolute Gasteiger partial charge is 0.390 e. The Bertz CT molecular complexity index is 328. The summed E-state index contributed by atoms with van der Waals surface area (Å²) in [4.78, 5) is 0. The van der Waals surface area contributed by atoms with Crippen LogP contribution in [0.5, 0.6) is 0 Å². The predicted octanol–water partition coefficient (Wildman–Crippen LogP) is 1.10. The van der Waals surface area contributed by atoms with Gasteiger partial charge in [-0.3, -0.25) is 0 Å². The van der Waals surface area contributed by atoms with Gasteiger partial charge in [-0.05, 0) is 12.2 Å². The van der Waals surface area contributed by atoms with E-state index < -0.39 is 0 Å². The third-order valence-corrected chi connectivity index (χ3v) is 2.12. The van der Waals surface area contributed by atoms with Crippen LogP contribution in [0.25, 0.3) is 0 Å². The molecule has 0 saturated carbocycles. The quantitative estimate of drug-likeness (QED) is 0.649. The molecule has 0 aromatic rings. The van der Waals surface area contributed by atoms with E-state index in [-0.39, 0.29) is 12.5 Å². The number of hydrogen-bond donors (Lipinski definition) is 1. The number of halogens is 1. The highest BCUT2D eigenvalue weighted by Crippen LogP contribution is 2.22. The first-order valence-electron chi connectivity index (χ1n) is 3.62. The van der Waals surface area contributed by atoms with Crippen molar-refractivity contribution >= 4 is 23.0 Å². The van der Waals surface area contributed by atoms with E-state index in [1.807, 2.05) is 12.2 Å². The molecular weight excluding hydrogens is 176 g/mol. The molecule has 1 heterocycles. The number of aliphatic hydroxyl groups excluding tert-OH is 1. The second-order valence-electron chi connectivity index (χ2n) is 2.64. The van der Waals surface area contributed by atoms with E-state index in [9.17, 15) is 0 Å². The molecule has 62 valence electrons. The molecule has 1 aliphatic heterocycles. The van der Waals surface area contributed by atoms with Crippen LogP contribution in [0.2, 0.25) is 0 Å². The number of rotatable bonds is 1. The van der Waals surface area contributed by atoms with E-state index in [2.05, 4.69) is 10.2 Å². The maximum atomic E-state index is 8.89. The average molecular weight is 183 g/mol. The van der Waals surface area contributed by atoms with Crippen LogP contribution in [0, 0.1) is 5.92 Å². The fourth-order valence-electron chi connectivity index (χ4n) is 1.25. The van der Waals surface area contributed by atoms with Gasteiger partial charge in [0.05, 0.1) is 23.9 Å². The zero-order valence-electron chi connectivity index (χ0n) is 6.24. The van der Waals surface area contributed by atoms with E-state index in [0.717, 1.165) is 5.71 Å². The summed E-state index contributed by atoms with van der Waals surface area (Å²) < 4.78 is 0. The zero-order valence-corrected chi connectivity index (χ0v) is 6.99. The van der Waals surface area contributed by atoms with Crippen LogP contribution >= 0.6 is 11.6 Å². The number of aliphatic hydroxyl groups is 1. The minimum atomic E-state index is -0.0633. The molecule has 0 fully saturated rings. The van der Waals surface area contributed by atoms with Crippen LogP contribution in [-0.2, 0) is 0 Å². The van der Waals surface area contributed by atoms with Crippen molar-refractivity contribution < 1.29 is 5.11 Å². The second-order valence-corrected chi connectivity index (χ2v) is 3.07. The van der Waals surface area contributed by atoms with E-state index in [1.54, 1.807) is 6.08 Å². The summed E-state index contributed by atoms with van der Waals surface area (Å²) in [6.07, 6.45) is 5.42. The van der Waals surface area contributed by atoms with Gasteiger partial charge in [0, 0.05) is 5.03 Å². The lowest BCUT2D eigenvalue weighted by Crippen LogP contribution is -2.21. The molecule has 0 spiro atoms. The van der Waals surface area contributed by atoms with Crippen LogP contribution < -0.4 is 0 Å². The molecule has 12 heavy (non-hydrogen) atoms. The number of allylic oxidation sites excluding steroid dienone is 4. The van der Waals surface area contributed by atoms with E-state index in [4.69, 9.17) is 16.7 Å². The van der Waals surface area contributed by atoms with E-state index >= 15 is 0 Å². The first-order valence-corrected chi connectivity index (χ1v) is 3.99. The average Bonchev–Trinajstić information content (AvgIpc) is 2.46. The molecule has 1 N–H and O–H groups in total. The van der Waals surface area contributed by atoms with Gasteiger partial charge in [0.2, 0.25) is 0 Å². The molecule has 2 aliphatic rings. The molecule has 3 nitrogen and oxygen atoms in total. The van der Waals surface area contributed by atoms with Crippen molar-refractivity contribution in [2.75, 3.05) is 6.61 Å². The van der Waals surface area contributed by atoms with Crippen LogP contribution in [0.1, 0.15) is 0 Å². The summed E-state index contributed by atoms with van der Waals surface area (Å²) in [5, 5.41) is 17.3. The van der Waals surface area contributed by atoms with Gasteiger partial charge in [-0.2, -0.15) is 10.2 Å². The van der Waals surface area contributed by atoms with Gasteiger partial charge in [0.1, 0.15) is 0 Å². The minimum Gasteiger partial charge on any atom is -0.390 e. The summed E-state index contributed by atoms with van der Waals surface area (Å²) in [5.74, 6) is -0.00694. The molecule has 2 rings (SSSR count). The van der Waals surface area contributed by atoms with Crippen molar-refractivity contribution in [3.05, 3.63) is 23.3 Å². The topological polar surface area (TPSA) is 45.0 Å². The lowest BCUT2D eigenvalue weighted by molar-refractivity contribution is 0.354. The molecule has 0 bridgehead atoms. The van der Waals surface area contributed by atoms with Gasteiger partial charge in [-0.25, -0.2) is 0 Å². The molecule has 1 atom stereocenters. The van der Waals surface area contributed by atoms with Crippen molar-refractivity contribution in [3.63, 3.8) is 0 Å². The Kier molecular flexibility index (Phi) is 1.83. The number of nitrogens with zero attached hydrogens (tertiary/aromatic N) is 2. The van der Waals surface area contributed by atoms with Crippen LogP contribution in [0.15, 0.2) is 33.5 Å². The molecular formula is C8H7ClN2O. The highest BCUT2D eigenvalue weighted by molar-refractivity contribution is 6.33. The Labute approximate surface area is 74.8 Å². The number of hydrogen-bond acceptors (Lipinski definition) is 3. The second kappa shape index (κ2) is 2.84. The summed E-state index contributed by atoms with van der Waals surface area (Å²) in [7, 11) is 0. The third kappa shape index (κ3) is 1.11. The monoisotopic (exact) mass is 182 g/mol. The fourth-order valence-corrected chi connectivity index (χ4v) is 1.43. The molecule has 0 amide bonds. The van der Waals surface area contributed by atoms with Crippen LogP contribution in [-0.4, -0.2) is 23.1 Å². The zero-order chi connectivity index (χ0) is 8.55. The lowest BCUT2D eigenvalue weighted by atomic mass is 9.95. The molecule has 0 saturated heterocycles. The van der Waals surface area contributed by atoms with Crippen molar-refractivity contribution in [1.82, 2.24) is 0 Å². The highest BCUT2D eigenvalue weighted by Gasteiger charge is 2.25. The predicted molar refractivity (Wildman–Crippen MR) is 48.5 cm³/mol. The van der Waals surface area contributed by atoms with Crippen molar-refractivity contribution in [2.24, 2.45) is 16.1 Å².